The van der Waals surface area contributed by atoms with Gasteiger partial charge < -0.3 is 0 Å². The first kappa shape index (κ1) is 15.2. The number of benzene rings is 3. The van der Waals surface area contributed by atoms with Crippen LogP contribution in [0.3, 0.4) is 0 Å². The maximum absolute atomic E-state index is 12.5. The van der Waals surface area contributed by atoms with Crippen molar-refractivity contribution in [2.45, 2.75) is 11.3 Å². The van der Waals surface area contributed by atoms with Crippen molar-refractivity contribution in [2.24, 2.45) is 0 Å². The van der Waals surface area contributed by atoms with Gasteiger partial charge in [0.25, 0.3) is 10.0 Å². The van der Waals surface area contributed by atoms with Crippen molar-refractivity contribution in [2.75, 3.05) is 4.72 Å². The van der Waals surface area contributed by atoms with E-state index in [4.69, 9.17) is 11.6 Å². The van der Waals surface area contributed by atoms with Crippen molar-refractivity contribution < 1.29 is 8.42 Å². The van der Waals surface area contributed by atoms with Crippen LogP contribution in [0.4, 0.5) is 5.69 Å². The average molecular weight is 356 g/mol. The van der Waals surface area contributed by atoms with Crippen LogP contribution in [0.15, 0.2) is 71.6 Å². The Morgan fingerprint density at radius 2 is 1.54 bits per heavy atom. The molecular weight excluding hydrogens is 342 g/mol. The summed E-state index contributed by atoms with van der Waals surface area (Å²) in [4.78, 5) is 0.188. The van der Waals surface area contributed by atoms with Crippen LogP contribution in [-0.2, 0) is 16.4 Å². The molecular formula is C19H14ClNO2S. The van der Waals surface area contributed by atoms with E-state index in [9.17, 15) is 8.42 Å². The van der Waals surface area contributed by atoms with Crippen LogP contribution in [0.2, 0.25) is 5.02 Å². The molecule has 3 aromatic carbocycles. The zero-order valence-corrected chi connectivity index (χ0v) is 14.2. The van der Waals surface area contributed by atoms with Crippen molar-refractivity contribution in [1.82, 2.24) is 0 Å². The van der Waals surface area contributed by atoms with E-state index < -0.39 is 10.0 Å². The lowest BCUT2D eigenvalue weighted by molar-refractivity contribution is 0.601. The predicted octanol–water partition coefficient (Wildman–Crippen LogP) is 4.71. The summed E-state index contributed by atoms with van der Waals surface area (Å²) >= 11 is 5.82. The normalized spacial score (nSPS) is 12.5. The second-order valence-corrected chi connectivity index (χ2v) is 7.88. The highest BCUT2D eigenvalue weighted by atomic mass is 35.5. The molecule has 0 atom stereocenters. The van der Waals surface area contributed by atoms with E-state index in [1.807, 2.05) is 24.3 Å². The summed E-state index contributed by atoms with van der Waals surface area (Å²) in [6, 6.07) is 20.0. The van der Waals surface area contributed by atoms with Crippen molar-refractivity contribution in [3.8, 4) is 11.1 Å². The summed E-state index contributed by atoms with van der Waals surface area (Å²) in [5, 5.41) is 0.503. The lowest BCUT2D eigenvalue weighted by Gasteiger charge is -2.10. The molecule has 1 aliphatic rings. The molecule has 0 bridgehead atoms. The van der Waals surface area contributed by atoms with Gasteiger partial charge in [-0.2, -0.15) is 0 Å². The highest BCUT2D eigenvalue weighted by Gasteiger charge is 2.20. The third kappa shape index (κ3) is 2.68. The molecule has 3 nitrogen and oxygen atoms in total. The van der Waals surface area contributed by atoms with Crippen LogP contribution in [0, 0.1) is 0 Å². The minimum atomic E-state index is -3.63. The van der Waals surface area contributed by atoms with E-state index in [0.29, 0.717) is 10.7 Å². The molecule has 0 saturated heterocycles. The Kier molecular flexibility index (Phi) is 3.59. The Morgan fingerprint density at radius 1 is 0.833 bits per heavy atom. The van der Waals surface area contributed by atoms with Gasteiger partial charge in [-0.05, 0) is 65.1 Å². The van der Waals surface area contributed by atoms with Crippen LogP contribution >= 0.6 is 11.6 Å². The molecule has 4 rings (SSSR count). The van der Waals surface area contributed by atoms with Gasteiger partial charge in [-0.3, -0.25) is 4.72 Å². The highest BCUT2D eigenvalue weighted by molar-refractivity contribution is 7.92. The first-order valence-corrected chi connectivity index (χ1v) is 9.39. The largest absolute Gasteiger partial charge is 0.280 e. The molecule has 1 N–H and O–H groups in total. The molecule has 120 valence electrons. The minimum absolute atomic E-state index is 0.188. The number of hydrogen-bond acceptors (Lipinski definition) is 2. The van der Waals surface area contributed by atoms with Crippen molar-refractivity contribution in [3.63, 3.8) is 0 Å². The number of fused-ring (bicyclic) bond motifs is 3. The Bertz CT molecular complexity index is 1030. The fourth-order valence-corrected chi connectivity index (χ4v) is 4.19. The third-order valence-corrected chi connectivity index (χ3v) is 5.82. The number of hydrogen-bond donors (Lipinski definition) is 1. The van der Waals surface area contributed by atoms with E-state index in [-0.39, 0.29) is 4.90 Å². The van der Waals surface area contributed by atoms with Gasteiger partial charge in [-0.25, -0.2) is 8.42 Å². The van der Waals surface area contributed by atoms with Gasteiger partial charge in [0.1, 0.15) is 0 Å². The van der Waals surface area contributed by atoms with Gasteiger partial charge >= 0.3 is 0 Å². The molecule has 0 spiro atoms. The monoisotopic (exact) mass is 355 g/mol. The smallest absolute Gasteiger partial charge is 0.261 e. The maximum Gasteiger partial charge on any atom is 0.261 e. The van der Waals surface area contributed by atoms with Gasteiger partial charge in [0, 0.05) is 10.7 Å². The van der Waals surface area contributed by atoms with E-state index in [0.717, 1.165) is 12.0 Å². The van der Waals surface area contributed by atoms with Crippen LogP contribution in [0.5, 0.6) is 0 Å². The number of rotatable bonds is 3. The minimum Gasteiger partial charge on any atom is -0.280 e. The number of sulfonamides is 1. The van der Waals surface area contributed by atoms with Gasteiger partial charge in [0.15, 0.2) is 0 Å². The second kappa shape index (κ2) is 5.65. The zero-order valence-electron chi connectivity index (χ0n) is 12.7. The number of anilines is 1. The Balaban J connectivity index is 1.69. The van der Waals surface area contributed by atoms with Gasteiger partial charge in [-0.1, -0.05) is 41.9 Å². The number of halogens is 1. The predicted molar refractivity (Wildman–Crippen MR) is 96.9 cm³/mol. The zero-order chi connectivity index (χ0) is 16.7. The molecule has 0 fully saturated rings. The summed E-state index contributed by atoms with van der Waals surface area (Å²) in [5.41, 5.74) is 5.29. The molecule has 5 heteroatoms. The Hall–Kier alpha value is -2.30. The molecule has 24 heavy (non-hydrogen) atoms. The quantitative estimate of drug-likeness (QED) is 0.578. The van der Waals surface area contributed by atoms with Crippen molar-refractivity contribution in [3.05, 3.63) is 82.9 Å². The van der Waals surface area contributed by atoms with Crippen molar-refractivity contribution >= 4 is 27.3 Å². The maximum atomic E-state index is 12.5. The average Bonchev–Trinajstić information content (AvgIpc) is 2.93. The number of nitrogens with one attached hydrogen (secondary N) is 1. The summed E-state index contributed by atoms with van der Waals surface area (Å²) in [7, 11) is -3.63. The van der Waals surface area contributed by atoms with E-state index in [2.05, 4.69) is 16.9 Å². The second-order valence-electron chi connectivity index (χ2n) is 5.77. The lowest BCUT2D eigenvalue weighted by atomic mass is 10.1. The molecule has 0 unspecified atom stereocenters. The molecule has 0 amide bonds. The Morgan fingerprint density at radius 3 is 2.33 bits per heavy atom. The van der Waals surface area contributed by atoms with Crippen LogP contribution in [0.1, 0.15) is 11.1 Å². The Labute approximate surface area is 146 Å². The molecule has 1 aliphatic carbocycles. The third-order valence-electron chi connectivity index (χ3n) is 4.17. The molecule has 0 aromatic heterocycles. The fraction of sp³-hybridized carbons (Fsp3) is 0.0526. The van der Waals surface area contributed by atoms with Gasteiger partial charge in [0.05, 0.1) is 4.90 Å². The van der Waals surface area contributed by atoms with E-state index >= 15 is 0 Å². The first-order valence-electron chi connectivity index (χ1n) is 7.52. The SMILES string of the molecule is O=S(=O)(Nc1ccc2c(c1)-c1ccccc1C2)c1ccc(Cl)cc1. The first-order chi connectivity index (χ1) is 11.5. The molecule has 0 heterocycles. The summed E-state index contributed by atoms with van der Waals surface area (Å²) < 4.78 is 27.7. The molecule has 0 radical (unpaired) electrons. The molecule has 0 aliphatic heterocycles. The van der Waals surface area contributed by atoms with Crippen LogP contribution in [0.25, 0.3) is 11.1 Å². The van der Waals surface area contributed by atoms with Crippen LogP contribution < -0.4 is 4.72 Å². The summed E-state index contributed by atoms with van der Waals surface area (Å²) in [6.45, 7) is 0. The fourth-order valence-electron chi connectivity index (χ4n) is 3.02. The topological polar surface area (TPSA) is 46.2 Å². The van der Waals surface area contributed by atoms with E-state index in [1.165, 1.54) is 28.8 Å². The highest BCUT2D eigenvalue weighted by Crippen LogP contribution is 2.38. The van der Waals surface area contributed by atoms with Crippen molar-refractivity contribution in [1.29, 1.82) is 0 Å². The summed E-state index contributed by atoms with van der Waals surface area (Å²) in [6.07, 6.45) is 0.885. The van der Waals surface area contributed by atoms with Gasteiger partial charge in [0.2, 0.25) is 0 Å². The lowest BCUT2D eigenvalue weighted by Crippen LogP contribution is -2.12. The van der Waals surface area contributed by atoms with Crippen LogP contribution in [-0.4, -0.2) is 8.42 Å². The standard InChI is InChI=1S/C19H14ClNO2S/c20-15-6-9-17(10-7-15)24(22,23)21-16-8-5-14-11-13-3-1-2-4-18(13)19(14)12-16/h1-10,12,21H,11H2. The van der Waals surface area contributed by atoms with E-state index in [1.54, 1.807) is 18.2 Å². The van der Waals surface area contributed by atoms with Gasteiger partial charge in [-0.15, -0.1) is 0 Å². The molecule has 3 aromatic rings. The molecule has 0 saturated carbocycles. The summed E-state index contributed by atoms with van der Waals surface area (Å²) in [5.74, 6) is 0.